The van der Waals surface area contributed by atoms with Crippen LogP contribution in [0.2, 0.25) is 0 Å². The molecule has 36 heavy (non-hydrogen) atoms. The molecule has 12 heteroatoms. The summed E-state index contributed by atoms with van der Waals surface area (Å²) in [7, 11) is 1.18. The number of nitrogens with one attached hydrogen (secondary N) is 1. The number of thioether (sulfide) groups is 1. The van der Waals surface area contributed by atoms with Crippen molar-refractivity contribution >= 4 is 69.1 Å². The second kappa shape index (κ2) is 12.2. The maximum atomic E-state index is 13.0. The molecule has 0 spiro atoms. The second-order valence-corrected chi connectivity index (χ2v) is 9.51. The number of anilines is 1. The third-order valence-corrected chi connectivity index (χ3v) is 6.54. The van der Waals surface area contributed by atoms with Crippen LogP contribution in [-0.4, -0.2) is 54.3 Å². The van der Waals surface area contributed by atoms with E-state index in [9.17, 15) is 23.6 Å². The van der Waals surface area contributed by atoms with Gasteiger partial charge in [0.15, 0.2) is 18.1 Å². The number of hydrogen-bond acceptors (Lipinski definition) is 8. The van der Waals surface area contributed by atoms with Crippen LogP contribution in [-0.2, 0) is 19.1 Å². The summed E-state index contributed by atoms with van der Waals surface area (Å²) < 4.78 is 29.7. The van der Waals surface area contributed by atoms with Gasteiger partial charge in [-0.1, -0.05) is 0 Å². The molecular weight excluding hydrogens is 606 g/mol. The van der Waals surface area contributed by atoms with Crippen LogP contribution in [0, 0.1) is 9.39 Å². The molecule has 1 aliphatic rings. The number of esters is 1. The second-order valence-electron chi connectivity index (χ2n) is 7.36. The first-order valence-electron chi connectivity index (χ1n) is 10.6. The molecule has 1 aliphatic heterocycles. The van der Waals surface area contributed by atoms with E-state index >= 15 is 0 Å². The van der Waals surface area contributed by atoms with Gasteiger partial charge < -0.3 is 19.5 Å². The molecule has 1 heterocycles. The maximum absolute atomic E-state index is 13.0. The largest absolute Gasteiger partial charge is 0.490 e. The minimum absolute atomic E-state index is 0.140. The highest BCUT2D eigenvalue weighted by Gasteiger charge is 2.41. The van der Waals surface area contributed by atoms with Crippen molar-refractivity contribution in [2.24, 2.45) is 0 Å². The minimum atomic E-state index is -1.05. The van der Waals surface area contributed by atoms with E-state index in [1.54, 1.807) is 19.1 Å². The van der Waals surface area contributed by atoms with Gasteiger partial charge in [0.05, 0.1) is 22.2 Å². The quantitative estimate of drug-likeness (QED) is 0.247. The van der Waals surface area contributed by atoms with Gasteiger partial charge in [0.1, 0.15) is 11.9 Å². The van der Waals surface area contributed by atoms with Crippen LogP contribution in [0.4, 0.5) is 14.9 Å². The highest BCUT2D eigenvalue weighted by molar-refractivity contribution is 14.1. The number of benzene rings is 2. The summed E-state index contributed by atoms with van der Waals surface area (Å²) in [4.78, 5) is 50.2. The fourth-order valence-corrected chi connectivity index (χ4v) is 4.87. The number of carbonyl (C=O) groups excluding carboxylic acids is 4. The Bertz CT molecular complexity index is 1220. The summed E-state index contributed by atoms with van der Waals surface area (Å²) in [5, 5.41) is 2.04. The Kier molecular flexibility index (Phi) is 9.31. The fraction of sp³-hybridized carbons (Fsp3) is 0.250. The Morgan fingerprint density at radius 2 is 1.89 bits per heavy atom. The monoisotopic (exact) mass is 628 g/mol. The van der Waals surface area contributed by atoms with Crippen LogP contribution in [0.5, 0.6) is 11.5 Å². The van der Waals surface area contributed by atoms with E-state index < -0.39 is 34.9 Å². The fourth-order valence-electron chi connectivity index (χ4n) is 3.18. The molecule has 0 bridgehead atoms. The maximum Gasteiger partial charge on any atom is 0.328 e. The van der Waals surface area contributed by atoms with Crippen molar-refractivity contribution in [2.75, 3.05) is 25.6 Å². The lowest BCUT2D eigenvalue weighted by molar-refractivity contribution is -0.148. The number of halogens is 2. The summed E-state index contributed by atoms with van der Waals surface area (Å²) in [6.45, 7) is 3.19. The first kappa shape index (κ1) is 27.5. The molecule has 3 rings (SSSR count). The topological polar surface area (TPSA) is 111 Å². The lowest BCUT2D eigenvalue weighted by Crippen LogP contribution is -2.42. The molecule has 9 nitrogen and oxygen atoms in total. The number of nitrogens with zero attached hydrogens (tertiary/aromatic N) is 1. The molecule has 0 saturated carbocycles. The van der Waals surface area contributed by atoms with E-state index in [4.69, 9.17) is 9.47 Å². The van der Waals surface area contributed by atoms with Crippen molar-refractivity contribution in [3.8, 4) is 11.5 Å². The number of amides is 3. The Morgan fingerprint density at radius 3 is 2.53 bits per heavy atom. The Labute approximate surface area is 224 Å². The van der Waals surface area contributed by atoms with Crippen LogP contribution >= 0.6 is 34.4 Å². The van der Waals surface area contributed by atoms with Crippen LogP contribution in [0.3, 0.4) is 0 Å². The van der Waals surface area contributed by atoms with Gasteiger partial charge in [0.25, 0.3) is 17.1 Å². The van der Waals surface area contributed by atoms with Crippen molar-refractivity contribution in [1.82, 2.24) is 4.90 Å². The highest BCUT2D eigenvalue weighted by Crippen LogP contribution is 2.38. The Balaban J connectivity index is 1.78. The van der Waals surface area contributed by atoms with Gasteiger partial charge in [0, 0.05) is 5.69 Å². The molecule has 3 amide bonds. The van der Waals surface area contributed by atoms with E-state index in [0.29, 0.717) is 32.9 Å². The number of ether oxygens (including phenoxy) is 3. The summed E-state index contributed by atoms with van der Waals surface area (Å²) >= 11 is 2.73. The highest BCUT2D eigenvalue weighted by atomic mass is 127. The first-order chi connectivity index (χ1) is 17.1. The lowest BCUT2D eigenvalue weighted by Gasteiger charge is -2.18. The van der Waals surface area contributed by atoms with Crippen molar-refractivity contribution in [1.29, 1.82) is 0 Å². The van der Waals surface area contributed by atoms with E-state index in [0.717, 1.165) is 16.7 Å². The number of hydrogen-bond donors (Lipinski definition) is 1. The van der Waals surface area contributed by atoms with E-state index in [1.165, 1.54) is 44.4 Å². The Hall–Kier alpha value is -3.13. The molecule has 0 radical (unpaired) electrons. The van der Waals surface area contributed by atoms with Gasteiger partial charge in [-0.15, -0.1) is 0 Å². The SMILES string of the molecule is CCOc1cc(/C=C2/SC(=O)N([C@@H](C)C(=O)OC)C2=O)cc(I)c1OCC(=O)Nc1ccc(F)cc1. The van der Waals surface area contributed by atoms with Crippen LogP contribution in [0.1, 0.15) is 19.4 Å². The zero-order valence-corrected chi connectivity index (χ0v) is 22.5. The van der Waals surface area contributed by atoms with Gasteiger partial charge >= 0.3 is 5.97 Å². The summed E-state index contributed by atoms with van der Waals surface area (Å²) in [6.07, 6.45) is 1.52. The molecule has 0 aliphatic carbocycles. The summed E-state index contributed by atoms with van der Waals surface area (Å²) in [5.41, 5.74) is 0.984. The minimum Gasteiger partial charge on any atom is -0.490 e. The zero-order valence-electron chi connectivity index (χ0n) is 19.5. The van der Waals surface area contributed by atoms with Gasteiger partial charge in [-0.3, -0.25) is 19.3 Å². The van der Waals surface area contributed by atoms with Crippen LogP contribution < -0.4 is 14.8 Å². The van der Waals surface area contributed by atoms with Gasteiger partial charge in [-0.2, -0.15) is 0 Å². The Morgan fingerprint density at radius 1 is 1.19 bits per heavy atom. The van der Waals surface area contributed by atoms with Crippen molar-refractivity contribution in [2.45, 2.75) is 19.9 Å². The molecule has 1 atom stereocenters. The molecule has 1 N–H and O–H groups in total. The number of methoxy groups -OCH3 is 1. The average Bonchev–Trinajstić information content (AvgIpc) is 3.11. The van der Waals surface area contributed by atoms with Gasteiger partial charge in [-0.05, 0) is 96.2 Å². The molecule has 0 aromatic heterocycles. The lowest BCUT2D eigenvalue weighted by atomic mass is 10.1. The van der Waals surface area contributed by atoms with E-state index in [2.05, 4.69) is 10.1 Å². The molecule has 190 valence electrons. The van der Waals surface area contributed by atoms with Crippen molar-refractivity contribution in [3.05, 3.63) is 56.3 Å². The predicted molar refractivity (Wildman–Crippen MR) is 140 cm³/mol. The third kappa shape index (κ3) is 6.55. The average molecular weight is 628 g/mol. The zero-order chi connectivity index (χ0) is 26.4. The number of imide groups is 1. The summed E-state index contributed by atoms with van der Waals surface area (Å²) in [6, 6.07) is 7.61. The number of rotatable bonds is 9. The molecular formula is C24H22FIN2O7S. The standard InChI is InChI=1S/C24H22FIN2O7S/c1-4-34-18-10-14(11-19-22(30)28(24(32)36-19)13(2)23(31)33-3)9-17(26)21(18)35-12-20(29)27-16-7-5-15(25)6-8-16/h5-11,13H,4,12H2,1-3H3,(H,27,29)/b19-11+/t13-/m0/s1. The van der Waals surface area contributed by atoms with E-state index in [-0.39, 0.29) is 11.5 Å². The molecule has 1 fully saturated rings. The van der Waals surface area contributed by atoms with Crippen molar-refractivity contribution < 1.29 is 37.8 Å². The predicted octanol–water partition coefficient (Wildman–Crippen LogP) is 4.44. The third-order valence-electron chi connectivity index (χ3n) is 4.86. The molecule has 2 aromatic carbocycles. The van der Waals surface area contributed by atoms with Crippen molar-refractivity contribution in [3.63, 3.8) is 0 Å². The van der Waals surface area contributed by atoms with E-state index in [1.807, 2.05) is 22.6 Å². The molecule has 0 unspecified atom stereocenters. The normalized spacial score (nSPS) is 15.1. The van der Waals surface area contributed by atoms with Crippen LogP contribution in [0.15, 0.2) is 41.3 Å². The van der Waals surface area contributed by atoms with Crippen LogP contribution in [0.25, 0.3) is 6.08 Å². The van der Waals surface area contributed by atoms with Gasteiger partial charge in [0.2, 0.25) is 0 Å². The first-order valence-corrected chi connectivity index (χ1v) is 12.5. The smallest absolute Gasteiger partial charge is 0.328 e. The molecule has 2 aromatic rings. The number of carbonyl (C=O) groups is 4. The summed E-state index contributed by atoms with van der Waals surface area (Å²) in [5.74, 6) is -1.49. The van der Waals surface area contributed by atoms with Gasteiger partial charge in [-0.25, -0.2) is 9.18 Å². The molecule has 1 saturated heterocycles.